The van der Waals surface area contributed by atoms with Crippen LogP contribution in [-0.4, -0.2) is 24.9 Å². The molecule has 82 valence electrons. The van der Waals surface area contributed by atoms with Crippen molar-refractivity contribution in [2.45, 2.75) is 6.42 Å². The van der Waals surface area contributed by atoms with Crippen LogP contribution in [0.25, 0.3) is 0 Å². The molecule has 5 heteroatoms. The van der Waals surface area contributed by atoms with Crippen molar-refractivity contribution in [2.24, 2.45) is 0 Å². The van der Waals surface area contributed by atoms with E-state index < -0.39 is 5.82 Å². The molecule has 0 amide bonds. The van der Waals surface area contributed by atoms with Gasteiger partial charge in [0.05, 0.1) is 0 Å². The lowest BCUT2D eigenvalue weighted by molar-refractivity contribution is 0.163. The van der Waals surface area contributed by atoms with Crippen LogP contribution in [0.15, 0.2) is 10.5 Å². The summed E-state index contributed by atoms with van der Waals surface area (Å²) in [6, 6.07) is 1.67. The molecular formula is C10H10BrFO3. The molecule has 1 aliphatic heterocycles. The zero-order chi connectivity index (χ0) is 10.8. The largest absolute Gasteiger partial charge is 0.486 e. The first kappa shape index (κ1) is 10.7. The number of ether oxygens (including phenoxy) is 2. The lowest BCUT2D eigenvalue weighted by Crippen LogP contribution is -2.17. The van der Waals surface area contributed by atoms with Gasteiger partial charge in [0.25, 0.3) is 0 Å². The van der Waals surface area contributed by atoms with E-state index >= 15 is 0 Å². The molecule has 0 aliphatic carbocycles. The SMILES string of the molecule is OCCc1c(Br)cc2c(c1F)OCCO2. The molecule has 15 heavy (non-hydrogen) atoms. The standard InChI is InChI=1S/C10H10BrFO3/c11-7-5-8-10(15-4-3-14-8)9(12)6(7)1-2-13/h5,13H,1-4H2. The normalized spacial score (nSPS) is 14.1. The molecule has 1 aromatic rings. The number of aliphatic hydroxyl groups excluding tert-OH is 1. The van der Waals surface area contributed by atoms with Gasteiger partial charge in [-0.3, -0.25) is 0 Å². The van der Waals surface area contributed by atoms with Gasteiger partial charge in [-0.05, 0) is 12.5 Å². The lowest BCUT2D eigenvalue weighted by atomic mass is 10.1. The average molecular weight is 277 g/mol. The summed E-state index contributed by atoms with van der Waals surface area (Å²) in [5.41, 5.74) is 0.418. The van der Waals surface area contributed by atoms with Crippen LogP contribution in [0.5, 0.6) is 11.5 Å². The van der Waals surface area contributed by atoms with E-state index in [0.29, 0.717) is 29.0 Å². The molecule has 1 aromatic carbocycles. The first-order valence-electron chi connectivity index (χ1n) is 4.61. The second kappa shape index (κ2) is 4.37. The average Bonchev–Trinajstić information content (AvgIpc) is 2.24. The van der Waals surface area contributed by atoms with Gasteiger partial charge in [0.1, 0.15) is 13.2 Å². The predicted molar refractivity (Wildman–Crippen MR) is 55.9 cm³/mol. The van der Waals surface area contributed by atoms with E-state index in [-0.39, 0.29) is 18.8 Å². The molecule has 3 nitrogen and oxygen atoms in total. The van der Waals surface area contributed by atoms with E-state index in [4.69, 9.17) is 14.6 Å². The Kier molecular flexibility index (Phi) is 3.11. The maximum atomic E-state index is 13.9. The van der Waals surface area contributed by atoms with Crippen molar-refractivity contribution in [3.05, 3.63) is 21.9 Å². The van der Waals surface area contributed by atoms with Crippen LogP contribution in [-0.2, 0) is 6.42 Å². The van der Waals surface area contributed by atoms with Crippen molar-refractivity contribution in [3.8, 4) is 11.5 Å². The van der Waals surface area contributed by atoms with Crippen LogP contribution in [0, 0.1) is 5.82 Å². The smallest absolute Gasteiger partial charge is 0.197 e. The third-order valence-corrected chi connectivity index (χ3v) is 2.89. The second-order valence-corrected chi connectivity index (χ2v) is 4.00. The minimum absolute atomic E-state index is 0.102. The van der Waals surface area contributed by atoms with E-state index in [1.807, 2.05) is 0 Å². The molecule has 0 aromatic heterocycles. The van der Waals surface area contributed by atoms with E-state index in [0.717, 1.165) is 0 Å². The molecule has 0 saturated carbocycles. The van der Waals surface area contributed by atoms with Crippen LogP contribution in [0.1, 0.15) is 5.56 Å². The summed E-state index contributed by atoms with van der Waals surface area (Å²) in [5.74, 6) is 0.105. The topological polar surface area (TPSA) is 38.7 Å². The first-order chi connectivity index (χ1) is 7.24. The minimum atomic E-state index is -0.451. The monoisotopic (exact) mass is 276 g/mol. The third kappa shape index (κ3) is 1.94. The quantitative estimate of drug-likeness (QED) is 0.897. The van der Waals surface area contributed by atoms with Gasteiger partial charge < -0.3 is 14.6 Å². The molecule has 0 unspecified atom stereocenters. The van der Waals surface area contributed by atoms with E-state index in [9.17, 15) is 4.39 Å². The van der Waals surface area contributed by atoms with Crippen LogP contribution >= 0.6 is 15.9 Å². The van der Waals surface area contributed by atoms with Crippen LogP contribution in [0.4, 0.5) is 4.39 Å². The zero-order valence-corrected chi connectivity index (χ0v) is 9.51. The van der Waals surface area contributed by atoms with Gasteiger partial charge in [0, 0.05) is 16.6 Å². The lowest BCUT2D eigenvalue weighted by Gasteiger charge is -2.20. The zero-order valence-electron chi connectivity index (χ0n) is 7.93. The highest BCUT2D eigenvalue weighted by atomic mass is 79.9. The van der Waals surface area contributed by atoms with Crippen molar-refractivity contribution in [1.29, 1.82) is 0 Å². The van der Waals surface area contributed by atoms with Gasteiger partial charge in [-0.2, -0.15) is 0 Å². The van der Waals surface area contributed by atoms with Gasteiger partial charge in [0.2, 0.25) is 0 Å². The Balaban J connectivity index is 2.49. The molecule has 0 spiro atoms. The van der Waals surface area contributed by atoms with Gasteiger partial charge in [-0.15, -0.1) is 0 Å². The molecule has 1 heterocycles. The summed E-state index contributed by atoms with van der Waals surface area (Å²) in [5, 5.41) is 8.81. The Bertz CT molecular complexity index is 381. The van der Waals surface area contributed by atoms with Crippen molar-refractivity contribution >= 4 is 15.9 Å². The Morgan fingerprint density at radius 2 is 2.13 bits per heavy atom. The maximum Gasteiger partial charge on any atom is 0.197 e. The maximum absolute atomic E-state index is 13.9. The van der Waals surface area contributed by atoms with Gasteiger partial charge in [0.15, 0.2) is 17.3 Å². The van der Waals surface area contributed by atoms with Crippen LogP contribution in [0.3, 0.4) is 0 Å². The van der Waals surface area contributed by atoms with Gasteiger partial charge >= 0.3 is 0 Å². The highest BCUT2D eigenvalue weighted by Gasteiger charge is 2.21. The van der Waals surface area contributed by atoms with E-state index in [1.165, 1.54) is 0 Å². The number of hydrogen-bond donors (Lipinski definition) is 1. The number of rotatable bonds is 2. The summed E-state index contributed by atoms with van der Waals surface area (Å²) < 4.78 is 24.9. The van der Waals surface area contributed by atoms with Crippen molar-refractivity contribution < 1.29 is 19.0 Å². The molecule has 2 rings (SSSR count). The molecule has 1 aliphatic rings. The number of benzene rings is 1. The minimum Gasteiger partial charge on any atom is -0.486 e. The van der Waals surface area contributed by atoms with Crippen molar-refractivity contribution in [1.82, 2.24) is 0 Å². The highest BCUT2D eigenvalue weighted by molar-refractivity contribution is 9.10. The Morgan fingerprint density at radius 3 is 2.87 bits per heavy atom. The van der Waals surface area contributed by atoms with Crippen molar-refractivity contribution in [3.63, 3.8) is 0 Å². The molecule has 0 bridgehead atoms. The third-order valence-electron chi connectivity index (χ3n) is 2.18. The Hall–Kier alpha value is -0.810. The summed E-state index contributed by atoms with van der Waals surface area (Å²) in [6.07, 6.45) is 0.253. The Morgan fingerprint density at radius 1 is 1.40 bits per heavy atom. The first-order valence-corrected chi connectivity index (χ1v) is 5.40. The number of hydrogen-bond acceptors (Lipinski definition) is 3. The highest BCUT2D eigenvalue weighted by Crippen LogP contribution is 2.38. The van der Waals surface area contributed by atoms with E-state index in [1.54, 1.807) is 6.07 Å². The fourth-order valence-electron chi connectivity index (χ4n) is 1.50. The molecule has 1 N–H and O–H groups in total. The summed E-state index contributed by atoms with van der Waals surface area (Å²) in [6.45, 7) is 0.678. The molecule has 0 radical (unpaired) electrons. The van der Waals surface area contributed by atoms with E-state index in [2.05, 4.69) is 15.9 Å². The predicted octanol–water partition coefficient (Wildman–Crippen LogP) is 1.89. The fourth-order valence-corrected chi connectivity index (χ4v) is 2.08. The molecular weight excluding hydrogens is 267 g/mol. The number of halogens is 2. The van der Waals surface area contributed by atoms with Gasteiger partial charge in [-0.1, -0.05) is 15.9 Å². The second-order valence-electron chi connectivity index (χ2n) is 3.15. The number of fused-ring (bicyclic) bond motifs is 1. The fraction of sp³-hybridized carbons (Fsp3) is 0.400. The molecule has 0 fully saturated rings. The Labute approximate surface area is 94.9 Å². The molecule has 0 saturated heterocycles. The summed E-state index contributed by atoms with van der Waals surface area (Å²) >= 11 is 3.24. The molecule has 0 atom stereocenters. The van der Waals surface area contributed by atoms with Gasteiger partial charge in [-0.25, -0.2) is 4.39 Å². The summed E-state index contributed by atoms with van der Waals surface area (Å²) in [4.78, 5) is 0. The number of aliphatic hydroxyl groups is 1. The van der Waals surface area contributed by atoms with Crippen LogP contribution < -0.4 is 9.47 Å². The van der Waals surface area contributed by atoms with Crippen molar-refractivity contribution in [2.75, 3.05) is 19.8 Å². The summed E-state index contributed by atoms with van der Waals surface area (Å²) in [7, 11) is 0. The van der Waals surface area contributed by atoms with Crippen LogP contribution in [0.2, 0.25) is 0 Å².